The van der Waals surface area contributed by atoms with Gasteiger partial charge in [-0.3, -0.25) is 4.79 Å². The third-order valence-corrected chi connectivity index (χ3v) is 3.89. The largest absolute Gasteiger partial charge is 0.465 e. The molecule has 1 N–H and O–H groups in total. The lowest BCUT2D eigenvalue weighted by Crippen LogP contribution is -2.29. The summed E-state index contributed by atoms with van der Waals surface area (Å²) >= 11 is 0. The molecule has 158 valence electrons. The van der Waals surface area contributed by atoms with Gasteiger partial charge in [0.2, 0.25) is 0 Å². The lowest BCUT2D eigenvalue weighted by Gasteiger charge is -2.13. The number of amides is 1. The van der Waals surface area contributed by atoms with Crippen LogP contribution in [0.4, 0.5) is 18.9 Å². The fraction of sp³-hybridized carbons (Fsp3) is 0.190. The number of hydrogen-bond donors (Lipinski definition) is 1. The predicted molar refractivity (Wildman–Crippen MR) is 102 cm³/mol. The van der Waals surface area contributed by atoms with Crippen molar-refractivity contribution in [3.05, 3.63) is 71.3 Å². The second-order valence-electron chi connectivity index (χ2n) is 6.09. The van der Waals surface area contributed by atoms with E-state index in [1.807, 2.05) is 0 Å². The quantitative estimate of drug-likeness (QED) is 0.562. The Labute approximate surface area is 170 Å². The summed E-state index contributed by atoms with van der Waals surface area (Å²) in [5.41, 5.74) is 0.258. The Bertz CT molecular complexity index is 935. The van der Waals surface area contributed by atoms with Gasteiger partial charge in [0.05, 0.1) is 18.2 Å². The highest BCUT2D eigenvalue weighted by molar-refractivity contribution is 5.96. The molecule has 0 aliphatic carbocycles. The molecule has 9 heteroatoms. The van der Waals surface area contributed by atoms with Crippen LogP contribution in [-0.4, -0.2) is 31.1 Å². The molecule has 1 atom stereocenters. The minimum absolute atomic E-state index is 0.136. The van der Waals surface area contributed by atoms with Gasteiger partial charge >= 0.3 is 18.1 Å². The predicted octanol–water partition coefficient (Wildman–Crippen LogP) is 4.08. The highest BCUT2D eigenvalue weighted by Crippen LogP contribution is 2.29. The van der Waals surface area contributed by atoms with Gasteiger partial charge in [-0.25, -0.2) is 9.59 Å². The Morgan fingerprint density at radius 1 is 1.00 bits per heavy atom. The molecule has 1 amide bonds. The van der Waals surface area contributed by atoms with Crippen LogP contribution in [0.1, 0.15) is 28.4 Å². The molecule has 0 aliphatic rings. The molecule has 0 aliphatic heterocycles. The van der Waals surface area contributed by atoms with E-state index in [4.69, 9.17) is 4.74 Å². The summed E-state index contributed by atoms with van der Waals surface area (Å²) < 4.78 is 47.2. The van der Waals surface area contributed by atoms with Crippen LogP contribution in [0.2, 0.25) is 0 Å². The van der Waals surface area contributed by atoms with E-state index in [0.717, 1.165) is 30.3 Å². The van der Waals surface area contributed by atoms with Gasteiger partial charge in [0, 0.05) is 11.8 Å². The van der Waals surface area contributed by atoms with Crippen LogP contribution in [0.5, 0.6) is 0 Å². The van der Waals surface area contributed by atoms with Gasteiger partial charge in [-0.15, -0.1) is 0 Å². The number of anilines is 1. The standard InChI is InChI=1S/C21H18F3NO5/c1-13(19(27)25-17-10-8-16(9-11-17)21(22,23)24)30-18(26)12-5-14-3-6-15(7-4-14)20(28)29-2/h3-13H,1-2H3,(H,25,27)/b12-5+. The summed E-state index contributed by atoms with van der Waals surface area (Å²) in [5.74, 6) is -1.97. The maximum absolute atomic E-state index is 12.5. The lowest BCUT2D eigenvalue weighted by molar-refractivity contribution is -0.148. The van der Waals surface area contributed by atoms with E-state index in [2.05, 4.69) is 10.1 Å². The zero-order valence-corrected chi connectivity index (χ0v) is 16.0. The van der Waals surface area contributed by atoms with Crippen molar-refractivity contribution < 1.29 is 37.0 Å². The number of alkyl halides is 3. The molecule has 2 rings (SSSR count). The molecule has 2 aromatic carbocycles. The molecule has 0 saturated heterocycles. The number of hydrogen-bond acceptors (Lipinski definition) is 5. The van der Waals surface area contributed by atoms with E-state index in [9.17, 15) is 27.6 Å². The van der Waals surface area contributed by atoms with E-state index in [1.165, 1.54) is 32.2 Å². The Morgan fingerprint density at radius 2 is 1.60 bits per heavy atom. The smallest absolute Gasteiger partial charge is 0.416 e. The van der Waals surface area contributed by atoms with Gasteiger partial charge in [0.1, 0.15) is 0 Å². The average molecular weight is 421 g/mol. The number of methoxy groups -OCH3 is 1. The number of nitrogens with one attached hydrogen (secondary N) is 1. The van der Waals surface area contributed by atoms with Gasteiger partial charge in [-0.2, -0.15) is 13.2 Å². The van der Waals surface area contributed by atoms with Crippen molar-refractivity contribution in [3.8, 4) is 0 Å². The summed E-state index contributed by atoms with van der Waals surface area (Å²) in [4.78, 5) is 35.3. The monoisotopic (exact) mass is 421 g/mol. The third-order valence-electron chi connectivity index (χ3n) is 3.89. The number of ether oxygens (including phenoxy) is 2. The molecule has 0 spiro atoms. The highest BCUT2D eigenvalue weighted by atomic mass is 19.4. The Morgan fingerprint density at radius 3 is 2.13 bits per heavy atom. The van der Waals surface area contributed by atoms with E-state index in [1.54, 1.807) is 12.1 Å². The molecule has 0 bridgehead atoms. The molecule has 2 aromatic rings. The summed E-state index contributed by atoms with van der Waals surface area (Å²) in [6, 6.07) is 10.1. The zero-order chi connectivity index (χ0) is 22.3. The zero-order valence-electron chi connectivity index (χ0n) is 16.0. The maximum atomic E-state index is 12.5. The van der Waals surface area contributed by atoms with Gasteiger partial charge in [0.15, 0.2) is 6.10 Å². The first-order chi connectivity index (χ1) is 14.1. The first-order valence-electron chi connectivity index (χ1n) is 8.65. The maximum Gasteiger partial charge on any atom is 0.416 e. The Kier molecular flexibility index (Phi) is 7.35. The second kappa shape index (κ2) is 9.73. The van der Waals surface area contributed by atoms with Gasteiger partial charge in [-0.1, -0.05) is 12.1 Å². The van der Waals surface area contributed by atoms with Crippen molar-refractivity contribution in [2.24, 2.45) is 0 Å². The SMILES string of the molecule is COC(=O)c1ccc(/C=C/C(=O)OC(C)C(=O)Nc2ccc(C(F)(F)F)cc2)cc1. The van der Waals surface area contributed by atoms with Crippen LogP contribution in [0.3, 0.4) is 0 Å². The van der Waals surface area contributed by atoms with Crippen molar-refractivity contribution in [1.82, 2.24) is 0 Å². The topological polar surface area (TPSA) is 81.7 Å². The van der Waals surface area contributed by atoms with Crippen LogP contribution >= 0.6 is 0 Å². The molecule has 0 fully saturated rings. The summed E-state index contributed by atoms with van der Waals surface area (Å²) in [7, 11) is 1.26. The number of rotatable bonds is 6. The highest BCUT2D eigenvalue weighted by Gasteiger charge is 2.30. The number of carbonyl (C=O) groups excluding carboxylic acids is 3. The van der Waals surface area contributed by atoms with Crippen LogP contribution in [0.25, 0.3) is 6.08 Å². The Hall–Kier alpha value is -3.62. The van der Waals surface area contributed by atoms with Gasteiger partial charge < -0.3 is 14.8 Å². The molecule has 30 heavy (non-hydrogen) atoms. The summed E-state index contributed by atoms with van der Waals surface area (Å²) in [5, 5.41) is 2.37. The van der Waals surface area contributed by atoms with Gasteiger partial charge in [-0.05, 0) is 55.0 Å². The number of esters is 2. The Balaban J connectivity index is 1.89. The first-order valence-corrected chi connectivity index (χ1v) is 8.65. The van der Waals surface area contributed by atoms with E-state index < -0.39 is 35.7 Å². The molecule has 6 nitrogen and oxygen atoms in total. The molecule has 0 saturated carbocycles. The number of halogens is 3. The van der Waals surface area contributed by atoms with Crippen molar-refractivity contribution in [2.45, 2.75) is 19.2 Å². The van der Waals surface area contributed by atoms with Crippen molar-refractivity contribution >= 4 is 29.6 Å². The molecule has 1 unspecified atom stereocenters. The minimum Gasteiger partial charge on any atom is -0.465 e. The third kappa shape index (κ3) is 6.47. The second-order valence-corrected chi connectivity index (χ2v) is 6.09. The fourth-order valence-electron chi connectivity index (χ4n) is 2.27. The molecular formula is C21H18F3NO5. The van der Waals surface area contributed by atoms with Crippen molar-refractivity contribution in [1.29, 1.82) is 0 Å². The molecule has 0 heterocycles. The fourth-order valence-corrected chi connectivity index (χ4v) is 2.27. The van der Waals surface area contributed by atoms with E-state index >= 15 is 0 Å². The molecule has 0 aromatic heterocycles. The van der Waals surface area contributed by atoms with Crippen LogP contribution in [-0.2, 0) is 25.2 Å². The normalized spacial score (nSPS) is 12.3. The summed E-state index contributed by atoms with van der Waals surface area (Å²) in [6.45, 7) is 1.33. The molecular weight excluding hydrogens is 403 g/mol. The first kappa shape index (κ1) is 22.7. The van der Waals surface area contributed by atoms with Gasteiger partial charge in [0.25, 0.3) is 5.91 Å². The van der Waals surface area contributed by atoms with Crippen molar-refractivity contribution in [2.75, 3.05) is 12.4 Å². The van der Waals surface area contributed by atoms with Crippen LogP contribution in [0, 0.1) is 0 Å². The lowest BCUT2D eigenvalue weighted by atomic mass is 10.1. The van der Waals surface area contributed by atoms with Crippen LogP contribution < -0.4 is 5.32 Å². The average Bonchev–Trinajstić information content (AvgIpc) is 2.71. The number of benzene rings is 2. The van der Waals surface area contributed by atoms with E-state index in [-0.39, 0.29) is 5.69 Å². The molecule has 0 radical (unpaired) electrons. The minimum atomic E-state index is -4.47. The number of carbonyl (C=O) groups is 3. The summed E-state index contributed by atoms with van der Waals surface area (Å²) in [6.07, 6.45) is -3.11. The van der Waals surface area contributed by atoms with Crippen molar-refractivity contribution in [3.63, 3.8) is 0 Å². The van der Waals surface area contributed by atoms with Crippen LogP contribution in [0.15, 0.2) is 54.6 Å². The van der Waals surface area contributed by atoms with E-state index in [0.29, 0.717) is 11.1 Å².